The minimum Gasteiger partial charge on any atom is -0.373 e. The molecule has 0 spiro atoms. The Labute approximate surface area is 143 Å². The van der Waals surface area contributed by atoms with Crippen LogP contribution in [-0.2, 0) is 0 Å². The highest BCUT2D eigenvalue weighted by molar-refractivity contribution is 6.30. The van der Waals surface area contributed by atoms with Gasteiger partial charge in [-0.3, -0.25) is 4.79 Å². The maximum Gasteiger partial charge on any atom is 0.187 e. The Morgan fingerprint density at radius 1 is 1.09 bits per heavy atom. The molecule has 23 heavy (non-hydrogen) atoms. The second-order valence-electron chi connectivity index (χ2n) is 6.58. The maximum absolute atomic E-state index is 12.2. The van der Waals surface area contributed by atoms with E-state index in [1.807, 2.05) is 6.20 Å². The van der Waals surface area contributed by atoms with Crippen molar-refractivity contribution in [3.63, 3.8) is 0 Å². The first-order valence-corrected chi connectivity index (χ1v) is 9.06. The molecule has 1 aromatic rings. The number of ketones is 1. The molecule has 3 rings (SSSR count). The van der Waals surface area contributed by atoms with Crippen molar-refractivity contribution < 1.29 is 4.79 Å². The minimum absolute atomic E-state index is 0.0466. The van der Waals surface area contributed by atoms with Crippen molar-refractivity contribution >= 4 is 17.4 Å². The molecule has 0 aromatic heterocycles. The van der Waals surface area contributed by atoms with Gasteiger partial charge >= 0.3 is 0 Å². The first-order valence-electron chi connectivity index (χ1n) is 8.68. The van der Waals surface area contributed by atoms with Gasteiger partial charge in [0.1, 0.15) is 0 Å². The molecule has 0 bridgehead atoms. The fourth-order valence-corrected chi connectivity index (χ4v) is 3.69. The summed E-state index contributed by atoms with van der Waals surface area (Å²) in [7, 11) is 0. The van der Waals surface area contributed by atoms with E-state index in [0.717, 1.165) is 13.1 Å². The van der Waals surface area contributed by atoms with Crippen molar-refractivity contribution in [1.82, 2.24) is 9.80 Å². The third-order valence-corrected chi connectivity index (χ3v) is 5.14. The van der Waals surface area contributed by atoms with Crippen LogP contribution in [0.3, 0.4) is 0 Å². The van der Waals surface area contributed by atoms with Crippen LogP contribution in [0.5, 0.6) is 0 Å². The van der Waals surface area contributed by atoms with Gasteiger partial charge in [-0.25, -0.2) is 0 Å². The molecule has 0 saturated carbocycles. The highest BCUT2D eigenvalue weighted by atomic mass is 35.5. The standard InChI is InChI=1S/C19H25ClN2O/c20-17-8-6-16(7-9-17)19(23)10-14-22-13-4-5-18(22)15-21-11-2-1-3-12-21/h6-10,14,18H,1-5,11-13,15H2/t18-/m0/s1. The van der Waals surface area contributed by atoms with Gasteiger partial charge in [-0.2, -0.15) is 0 Å². The maximum atomic E-state index is 12.2. The van der Waals surface area contributed by atoms with Gasteiger partial charge in [0.05, 0.1) is 0 Å². The van der Waals surface area contributed by atoms with E-state index in [1.54, 1.807) is 30.3 Å². The molecule has 2 aliphatic rings. The summed E-state index contributed by atoms with van der Waals surface area (Å²) in [6.45, 7) is 4.66. The zero-order valence-corrected chi connectivity index (χ0v) is 14.3. The quantitative estimate of drug-likeness (QED) is 0.601. The van der Waals surface area contributed by atoms with Gasteiger partial charge < -0.3 is 9.80 Å². The number of hydrogen-bond donors (Lipinski definition) is 0. The average Bonchev–Trinajstić information content (AvgIpc) is 3.01. The number of halogens is 1. The summed E-state index contributed by atoms with van der Waals surface area (Å²) in [5.41, 5.74) is 0.692. The molecule has 124 valence electrons. The molecule has 3 nitrogen and oxygen atoms in total. The Bertz CT molecular complexity index is 549. The monoisotopic (exact) mass is 332 g/mol. The largest absolute Gasteiger partial charge is 0.373 e. The van der Waals surface area contributed by atoms with Gasteiger partial charge in [0.25, 0.3) is 0 Å². The minimum atomic E-state index is 0.0466. The van der Waals surface area contributed by atoms with E-state index in [4.69, 9.17) is 11.6 Å². The highest BCUT2D eigenvalue weighted by Crippen LogP contribution is 2.21. The summed E-state index contributed by atoms with van der Waals surface area (Å²) in [6, 6.07) is 7.64. The van der Waals surface area contributed by atoms with E-state index in [2.05, 4.69) is 9.80 Å². The van der Waals surface area contributed by atoms with Crippen molar-refractivity contribution in [2.45, 2.75) is 38.1 Å². The summed E-state index contributed by atoms with van der Waals surface area (Å²) in [4.78, 5) is 17.2. The lowest BCUT2D eigenvalue weighted by Gasteiger charge is -2.32. The summed E-state index contributed by atoms with van der Waals surface area (Å²) < 4.78 is 0. The fraction of sp³-hybridized carbons (Fsp3) is 0.526. The van der Waals surface area contributed by atoms with E-state index < -0.39 is 0 Å². The number of likely N-dealkylation sites (tertiary alicyclic amines) is 2. The number of nitrogens with zero attached hydrogens (tertiary/aromatic N) is 2. The number of carbonyl (C=O) groups is 1. The number of hydrogen-bond acceptors (Lipinski definition) is 3. The van der Waals surface area contributed by atoms with Crippen molar-refractivity contribution in [3.05, 3.63) is 47.1 Å². The summed E-state index contributed by atoms with van der Waals surface area (Å²) in [5, 5.41) is 0.659. The van der Waals surface area contributed by atoms with Crippen LogP contribution in [-0.4, -0.2) is 47.8 Å². The Balaban J connectivity index is 1.56. The molecule has 0 radical (unpaired) electrons. The van der Waals surface area contributed by atoms with Gasteiger partial charge in [0.2, 0.25) is 0 Å². The number of benzene rings is 1. The Morgan fingerprint density at radius 2 is 1.83 bits per heavy atom. The molecule has 0 amide bonds. The normalized spacial score (nSPS) is 22.8. The zero-order valence-electron chi connectivity index (χ0n) is 13.6. The molecular weight excluding hydrogens is 308 g/mol. The van der Waals surface area contributed by atoms with Crippen LogP contribution < -0.4 is 0 Å². The van der Waals surface area contributed by atoms with Gasteiger partial charge in [-0.05, 0) is 63.0 Å². The average molecular weight is 333 g/mol. The lowest BCUT2D eigenvalue weighted by molar-refractivity contribution is 0.104. The summed E-state index contributed by atoms with van der Waals surface area (Å²) in [5.74, 6) is 0.0466. The first-order chi connectivity index (χ1) is 11.2. The van der Waals surface area contributed by atoms with Crippen LogP contribution >= 0.6 is 11.6 Å². The number of rotatable bonds is 5. The smallest absolute Gasteiger partial charge is 0.187 e. The van der Waals surface area contributed by atoms with Crippen molar-refractivity contribution in [2.24, 2.45) is 0 Å². The molecule has 1 aromatic carbocycles. The van der Waals surface area contributed by atoms with Gasteiger partial charge in [0.15, 0.2) is 5.78 Å². The predicted molar refractivity (Wildman–Crippen MR) is 94.9 cm³/mol. The molecule has 2 aliphatic heterocycles. The highest BCUT2D eigenvalue weighted by Gasteiger charge is 2.24. The molecular formula is C19H25ClN2O. The second kappa shape index (κ2) is 7.98. The van der Waals surface area contributed by atoms with Gasteiger partial charge in [0, 0.05) is 42.0 Å². The second-order valence-corrected chi connectivity index (χ2v) is 7.02. The van der Waals surface area contributed by atoms with E-state index in [1.165, 1.54) is 45.2 Å². The molecule has 0 unspecified atom stereocenters. The number of allylic oxidation sites excluding steroid dienone is 1. The predicted octanol–water partition coefficient (Wildman–Crippen LogP) is 3.99. The Morgan fingerprint density at radius 3 is 2.57 bits per heavy atom. The molecule has 1 atom stereocenters. The van der Waals surface area contributed by atoms with E-state index in [0.29, 0.717) is 16.6 Å². The zero-order chi connectivity index (χ0) is 16.1. The SMILES string of the molecule is O=C(C=CN1CCC[C@H]1CN1CCCCC1)c1ccc(Cl)cc1. The van der Waals surface area contributed by atoms with Crippen molar-refractivity contribution in [2.75, 3.05) is 26.2 Å². The van der Waals surface area contributed by atoms with Crippen LogP contribution in [0.1, 0.15) is 42.5 Å². The third-order valence-electron chi connectivity index (χ3n) is 4.89. The topological polar surface area (TPSA) is 23.6 Å². The van der Waals surface area contributed by atoms with Crippen LogP contribution in [0, 0.1) is 0 Å². The third kappa shape index (κ3) is 4.58. The van der Waals surface area contributed by atoms with Crippen molar-refractivity contribution in [3.8, 4) is 0 Å². The summed E-state index contributed by atoms with van der Waals surface area (Å²) >= 11 is 5.87. The van der Waals surface area contributed by atoms with Crippen LogP contribution in [0.4, 0.5) is 0 Å². The number of carbonyl (C=O) groups excluding carboxylic acids is 1. The lowest BCUT2D eigenvalue weighted by atomic mass is 10.1. The van der Waals surface area contributed by atoms with Gasteiger partial charge in [-0.1, -0.05) is 18.0 Å². The van der Waals surface area contributed by atoms with E-state index >= 15 is 0 Å². The Hall–Kier alpha value is -1.32. The lowest BCUT2D eigenvalue weighted by Crippen LogP contribution is -2.40. The molecule has 2 fully saturated rings. The molecule has 4 heteroatoms. The summed E-state index contributed by atoms with van der Waals surface area (Å²) in [6.07, 6.45) is 10.2. The Kier molecular flexibility index (Phi) is 5.74. The van der Waals surface area contributed by atoms with Crippen LogP contribution in [0.15, 0.2) is 36.5 Å². The number of piperidine rings is 1. The van der Waals surface area contributed by atoms with Crippen LogP contribution in [0.2, 0.25) is 5.02 Å². The molecule has 0 aliphatic carbocycles. The van der Waals surface area contributed by atoms with Crippen molar-refractivity contribution in [1.29, 1.82) is 0 Å². The van der Waals surface area contributed by atoms with Gasteiger partial charge in [-0.15, -0.1) is 0 Å². The molecule has 2 heterocycles. The first kappa shape index (κ1) is 16.5. The van der Waals surface area contributed by atoms with E-state index in [9.17, 15) is 4.79 Å². The molecule has 0 N–H and O–H groups in total. The van der Waals surface area contributed by atoms with E-state index in [-0.39, 0.29) is 5.78 Å². The van der Waals surface area contributed by atoms with Crippen LogP contribution in [0.25, 0.3) is 0 Å². The fourth-order valence-electron chi connectivity index (χ4n) is 3.56. The molecule has 2 saturated heterocycles.